The van der Waals surface area contributed by atoms with Gasteiger partial charge in [0.1, 0.15) is 5.58 Å². The molecule has 1 N–H and O–H groups in total. The molecule has 1 aliphatic carbocycles. The van der Waals surface area contributed by atoms with Gasteiger partial charge in [0.05, 0.1) is 23.9 Å². The zero-order valence-electron chi connectivity index (χ0n) is 14.3. The Morgan fingerprint density at radius 2 is 1.96 bits per heavy atom. The van der Waals surface area contributed by atoms with E-state index in [-0.39, 0.29) is 5.91 Å². The zero-order valence-corrected chi connectivity index (χ0v) is 14.3. The van der Waals surface area contributed by atoms with Crippen LogP contribution in [-0.4, -0.2) is 10.9 Å². The number of aryl methyl sites for hydroxylation is 2. The lowest BCUT2D eigenvalue weighted by Crippen LogP contribution is -2.14. The second-order valence-electron chi connectivity index (χ2n) is 6.83. The van der Waals surface area contributed by atoms with Gasteiger partial charge in [-0.25, -0.2) is 0 Å². The lowest BCUT2D eigenvalue weighted by Gasteiger charge is -2.08. The van der Waals surface area contributed by atoms with E-state index in [1.54, 1.807) is 12.5 Å². The molecule has 128 valence electrons. The van der Waals surface area contributed by atoms with Gasteiger partial charge in [0.2, 0.25) is 5.91 Å². The fraction of sp³-hybridized carbons (Fsp3) is 0.182. The maximum Gasteiger partial charge on any atom is 0.228 e. The van der Waals surface area contributed by atoms with Gasteiger partial charge in [-0.2, -0.15) is 0 Å². The van der Waals surface area contributed by atoms with Crippen molar-refractivity contribution in [1.29, 1.82) is 0 Å². The number of aromatic nitrogens is 1. The van der Waals surface area contributed by atoms with Gasteiger partial charge < -0.3 is 9.73 Å². The minimum Gasteiger partial charge on any atom is -0.464 e. The van der Waals surface area contributed by atoms with Crippen LogP contribution in [0.4, 0.5) is 5.69 Å². The van der Waals surface area contributed by atoms with Crippen LogP contribution in [0.15, 0.2) is 59.3 Å². The second-order valence-corrected chi connectivity index (χ2v) is 6.83. The summed E-state index contributed by atoms with van der Waals surface area (Å²) < 4.78 is 5.71. The average Bonchev–Trinajstić information content (AvgIpc) is 3.27. The van der Waals surface area contributed by atoms with Crippen molar-refractivity contribution in [3.63, 3.8) is 0 Å². The van der Waals surface area contributed by atoms with Crippen molar-refractivity contribution in [2.24, 2.45) is 0 Å². The summed E-state index contributed by atoms with van der Waals surface area (Å²) in [6, 6.07) is 13.9. The van der Waals surface area contributed by atoms with Crippen LogP contribution in [0.3, 0.4) is 0 Å². The van der Waals surface area contributed by atoms with Crippen molar-refractivity contribution in [1.82, 2.24) is 4.98 Å². The monoisotopic (exact) mass is 342 g/mol. The molecule has 26 heavy (non-hydrogen) atoms. The van der Waals surface area contributed by atoms with E-state index in [0.717, 1.165) is 46.0 Å². The molecular formula is C22H18N2O2. The molecule has 0 aliphatic heterocycles. The highest BCUT2D eigenvalue weighted by molar-refractivity contribution is 6.02. The summed E-state index contributed by atoms with van der Waals surface area (Å²) in [4.78, 5) is 17.0. The maximum absolute atomic E-state index is 12.6. The van der Waals surface area contributed by atoms with Crippen molar-refractivity contribution in [3.05, 3.63) is 71.6 Å². The third kappa shape index (κ3) is 2.54. The first-order valence-corrected chi connectivity index (χ1v) is 8.93. The van der Waals surface area contributed by atoms with Crippen molar-refractivity contribution < 1.29 is 9.21 Å². The van der Waals surface area contributed by atoms with E-state index in [4.69, 9.17) is 4.42 Å². The largest absolute Gasteiger partial charge is 0.464 e. The number of carbonyl (C=O) groups excluding carboxylic acids is 1. The molecule has 4 aromatic rings. The molecule has 0 unspecified atom stereocenters. The number of hydrogen-bond donors (Lipinski definition) is 1. The Balaban J connectivity index is 1.43. The van der Waals surface area contributed by atoms with Gasteiger partial charge in [-0.15, -0.1) is 0 Å². The van der Waals surface area contributed by atoms with E-state index in [1.807, 2.05) is 30.3 Å². The molecule has 0 saturated heterocycles. The summed E-state index contributed by atoms with van der Waals surface area (Å²) in [5.41, 5.74) is 6.24. The fourth-order valence-corrected chi connectivity index (χ4v) is 3.86. The summed E-state index contributed by atoms with van der Waals surface area (Å²) in [6.45, 7) is 0. The van der Waals surface area contributed by atoms with Crippen molar-refractivity contribution in [2.75, 3.05) is 5.32 Å². The van der Waals surface area contributed by atoms with Gasteiger partial charge in [0.15, 0.2) is 0 Å². The maximum atomic E-state index is 12.6. The van der Waals surface area contributed by atoms with Gasteiger partial charge in [-0.05, 0) is 66.8 Å². The molecule has 4 nitrogen and oxygen atoms in total. The highest BCUT2D eigenvalue weighted by atomic mass is 16.3. The predicted molar refractivity (Wildman–Crippen MR) is 102 cm³/mol. The molecule has 2 heterocycles. The van der Waals surface area contributed by atoms with Crippen LogP contribution in [-0.2, 0) is 24.1 Å². The Morgan fingerprint density at radius 3 is 2.88 bits per heavy atom. The molecule has 0 atom stereocenters. The molecule has 0 bridgehead atoms. The Labute approximate surface area is 150 Å². The van der Waals surface area contributed by atoms with Crippen LogP contribution in [0.25, 0.3) is 21.9 Å². The molecule has 5 rings (SSSR count). The first kappa shape index (κ1) is 15.1. The van der Waals surface area contributed by atoms with Crippen molar-refractivity contribution in [2.45, 2.75) is 25.7 Å². The van der Waals surface area contributed by atoms with Gasteiger partial charge in [-0.3, -0.25) is 9.78 Å². The van der Waals surface area contributed by atoms with Gasteiger partial charge in [0.25, 0.3) is 0 Å². The molecule has 2 aromatic carbocycles. The first-order valence-electron chi connectivity index (χ1n) is 8.93. The van der Waals surface area contributed by atoms with Crippen LogP contribution in [0.1, 0.15) is 23.1 Å². The van der Waals surface area contributed by atoms with E-state index in [1.165, 1.54) is 17.5 Å². The number of pyridine rings is 1. The molecule has 0 spiro atoms. The summed E-state index contributed by atoms with van der Waals surface area (Å²) in [5.74, 6) is -0.0513. The summed E-state index contributed by atoms with van der Waals surface area (Å²) in [6.07, 6.45) is 7.20. The summed E-state index contributed by atoms with van der Waals surface area (Å²) in [5, 5.41) is 5.02. The highest BCUT2D eigenvalue weighted by Gasteiger charge is 2.17. The SMILES string of the molecule is O=C(Cc1coc2cc3c(cc12)CCC3)Nc1cccc2ncccc12. The molecule has 2 aromatic heterocycles. The number of fused-ring (bicyclic) bond motifs is 3. The number of furan rings is 1. The Hall–Kier alpha value is -3.14. The van der Waals surface area contributed by atoms with Crippen LogP contribution >= 0.6 is 0 Å². The molecule has 4 heteroatoms. The smallest absolute Gasteiger partial charge is 0.228 e. The van der Waals surface area contributed by atoms with Crippen LogP contribution < -0.4 is 5.32 Å². The zero-order chi connectivity index (χ0) is 17.5. The lowest BCUT2D eigenvalue weighted by atomic mass is 10.0. The van der Waals surface area contributed by atoms with Crippen LogP contribution in [0, 0.1) is 0 Å². The van der Waals surface area contributed by atoms with E-state index in [9.17, 15) is 4.79 Å². The standard InChI is InChI=1S/C22H18N2O2/c25-22(24-20-8-2-7-19-17(20)6-3-9-23-19)12-16-13-26-21-11-15-5-1-4-14(15)10-18(16)21/h2-3,6-11,13H,1,4-5,12H2,(H,24,25). The van der Waals surface area contributed by atoms with Crippen molar-refractivity contribution in [3.8, 4) is 0 Å². The number of amides is 1. The van der Waals surface area contributed by atoms with Gasteiger partial charge in [-0.1, -0.05) is 6.07 Å². The minimum atomic E-state index is -0.0513. The molecule has 0 radical (unpaired) electrons. The van der Waals surface area contributed by atoms with Crippen LogP contribution in [0.2, 0.25) is 0 Å². The van der Waals surface area contributed by atoms with Gasteiger partial charge in [0, 0.05) is 22.5 Å². The average molecular weight is 342 g/mol. The topological polar surface area (TPSA) is 55.1 Å². The Kier molecular flexibility index (Phi) is 3.49. The molecule has 1 aliphatic rings. The van der Waals surface area contributed by atoms with Gasteiger partial charge >= 0.3 is 0 Å². The normalized spacial score (nSPS) is 13.2. The van der Waals surface area contributed by atoms with Crippen LogP contribution in [0.5, 0.6) is 0 Å². The molecule has 0 saturated carbocycles. The number of nitrogens with one attached hydrogen (secondary N) is 1. The lowest BCUT2D eigenvalue weighted by molar-refractivity contribution is -0.115. The third-order valence-electron chi connectivity index (χ3n) is 5.14. The number of carbonyl (C=O) groups is 1. The molecule has 1 amide bonds. The number of benzene rings is 2. The fourth-order valence-electron chi connectivity index (χ4n) is 3.86. The van der Waals surface area contributed by atoms with Crippen molar-refractivity contribution >= 4 is 33.5 Å². The number of rotatable bonds is 3. The predicted octanol–water partition coefficient (Wildman–Crippen LogP) is 4.65. The third-order valence-corrected chi connectivity index (χ3v) is 5.14. The first-order chi connectivity index (χ1) is 12.8. The number of nitrogens with zero attached hydrogens (tertiary/aromatic N) is 1. The summed E-state index contributed by atoms with van der Waals surface area (Å²) >= 11 is 0. The van der Waals surface area contributed by atoms with E-state index in [0.29, 0.717) is 6.42 Å². The highest BCUT2D eigenvalue weighted by Crippen LogP contribution is 2.31. The number of anilines is 1. The van der Waals surface area contributed by atoms with E-state index < -0.39 is 0 Å². The molecule has 0 fully saturated rings. The molecular weight excluding hydrogens is 324 g/mol. The Morgan fingerprint density at radius 1 is 1.08 bits per heavy atom. The van der Waals surface area contributed by atoms with E-state index >= 15 is 0 Å². The minimum absolute atomic E-state index is 0.0513. The number of hydrogen-bond acceptors (Lipinski definition) is 3. The van der Waals surface area contributed by atoms with E-state index in [2.05, 4.69) is 22.4 Å². The quantitative estimate of drug-likeness (QED) is 0.589. The Bertz CT molecular complexity index is 1140. The second kappa shape index (κ2) is 5.99. The summed E-state index contributed by atoms with van der Waals surface area (Å²) in [7, 11) is 0.